The molecule has 0 atom stereocenters. The third-order valence-electron chi connectivity index (χ3n) is 4.98. The monoisotopic (exact) mass is 458 g/mol. The van der Waals surface area contributed by atoms with Crippen LogP contribution in [0.15, 0.2) is 48.5 Å². The summed E-state index contributed by atoms with van der Waals surface area (Å²) in [5.41, 5.74) is 1.98. The molecule has 2 aromatic carbocycles. The first kappa shape index (κ1) is 24.0. The molecule has 0 spiro atoms. The summed E-state index contributed by atoms with van der Waals surface area (Å²) in [5.74, 6) is -0.770. The van der Waals surface area contributed by atoms with Gasteiger partial charge in [0, 0.05) is 17.4 Å². The van der Waals surface area contributed by atoms with E-state index in [-0.39, 0.29) is 29.6 Å². The summed E-state index contributed by atoms with van der Waals surface area (Å²) in [6.07, 6.45) is -4.50. The molecule has 0 unspecified atom stereocenters. The molecule has 0 bridgehead atoms. The second-order valence-electron chi connectivity index (χ2n) is 8.10. The van der Waals surface area contributed by atoms with E-state index in [4.69, 9.17) is 0 Å². The summed E-state index contributed by atoms with van der Waals surface area (Å²) in [5, 5.41) is 9.24. The summed E-state index contributed by atoms with van der Waals surface area (Å²) < 4.78 is 40.0. The van der Waals surface area contributed by atoms with Gasteiger partial charge < -0.3 is 10.6 Å². The molecular weight excluding hydrogens is 433 g/mol. The number of alkyl halides is 3. The minimum atomic E-state index is -4.50. The number of aryl methyl sites for hydroxylation is 2. The molecule has 174 valence electrons. The predicted molar refractivity (Wildman–Crippen MR) is 119 cm³/mol. The molecule has 9 heteroatoms. The number of anilines is 1. The Kier molecular flexibility index (Phi) is 6.90. The Bertz CT molecular complexity index is 1180. The average Bonchev–Trinajstić information content (AvgIpc) is 3.10. The van der Waals surface area contributed by atoms with Gasteiger partial charge in [-0.1, -0.05) is 24.3 Å². The number of hydrogen-bond donors (Lipinski definition) is 2. The zero-order chi connectivity index (χ0) is 24.3. The average molecular weight is 458 g/mol. The van der Waals surface area contributed by atoms with Crippen LogP contribution in [0.4, 0.5) is 18.9 Å². The number of amides is 2. The molecule has 0 fully saturated rings. The largest absolute Gasteiger partial charge is 0.435 e. The van der Waals surface area contributed by atoms with Gasteiger partial charge in [-0.3, -0.25) is 14.3 Å². The summed E-state index contributed by atoms with van der Waals surface area (Å²) in [6, 6.07) is 12.6. The molecule has 0 aliphatic carbocycles. The minimum absolute atomic E-state index is 0.0750. The highest BCUT2D eigenvalue weighted by atomic mass is 19.4. The molecule has 2 N–H and O–H groups in total. The molecule has 0 aliphatic heterocycles. The quantitative estimate of drug-likeness (QED) is 0.548. The van der Waals surface area contributed by atoms with Crippen LogP contribution < -0.4 is 10.6 Å². The van der Waals surface area contributed by atoms with E-state index in [2.05, 4.69) is 15.7 Å². The van der Waals surface area contributed by atoms with Crippen molar-refractivity contribution >= 4 is 17.5 Å². The second-order valence-corrected chi connectivity index (χ2v) is 8.10. The number of rotatable bonds is 6. The summed E-state index contributed by atoms with van der Waals surface area (Å²) >= 11 is 0. The van der Waals surface area contributed by atoms with Gasteiger partial charge in [0.25, 0.3) is 11.8 Å². The molecule has 0 radical (unpaired) electrons. The van der Waals surface area contributed by atoms with Crippen LogP contribution in [0.1, 0.15) is 57.1 Å². The summed E-state index contributed by atoms with van der Waals surface area (Å²) in [4.78, 5) is 25.3. The highest BCUT2D eigenvalue weighted by Gasteiger charge is 2.34. The van der Waals surface area contributed by atoms with Crippen LogP contribution in [0, 0.1) is 13.8 Å². The normalized spacial score (nSPS) is 11.5. The van der Waals surface area contributed by atoms with E-state index in [0.717, 1.165) is 17.2 Å². The molecule has 0 saturated carbocycles. The van der Waals surface area contributed by atoms with E-state index < -0.39 is 17.8 Å². The van der Waals surface area contributed by atoms with E-state index in [1.807, 2.05) is 13.8 Å². The molecule has 1 heterocycles. The highest BCUT2D eigenvalue weighted by Crippen LogP contribution is 2.29. The molecule has 3 rings (SSSR count). The van der Waals surface area contributed by atoms with Crippen LogP contribution in [0.3, 0.4) is 0 Å². The van der Waals surface area contributed by atoms with Crippen molar-refractivity contribution in [3.63, 3.8) is 0 Å². The molecule has 0 saturated heterocycles. The number of hydrogen-bond acceptors (Lipinski definition) is 3. The smallest absolute Gasteiger partial charge is 0.350 e. The van der Waals surface area contributed by atoms with Gasteiger partial charge in [0.15, 0.2) is 5.69 Å². The highest BCUT2D eigenvalue weighted by molar-refractivity contribution is 6.12. The molecule has 1 aromatic heterocycles. The minimum Gasteiger partial charge on any atom is -0.350 e. The number of aromatic nitrogens is 2. The van der Waals surface area contributed by atoms with Crippen LogP contribution >= 0.6 is 0 Å². The number of halogens is 3. The maximum atomic E-state index is 12.9. The topological polar surface area (TPSA) is 76.0 Å². The van der Waals surface area contributed by atoms with Crippen molar-refractivity contribution < 1.29 is 22.8 Å². The Morgan fingerprint density at radius 1 is 1.00 bits per heavy atom. The van der Waals surface area contributed by atoms with Gasteiger partial charge in [-0.05, 0) is 63.1 Å². The standard InChI is InChI=1S/C24H25F3N4O2/c1-14(2)28-22(32)18-7-5-6-8-19(18)23(33)29-20-10-9-17(11-15(20)3)13-31-16(4)12-21(30-31)24(25,26)27/h5-12,14H,13H2,1-4H3,(H,28,32)(H,29,33). The SMILES string of the molecule is Cc1cc(Cn2nc(C(F)(F)F)cc2C)ccc1NC(=O)c1ccccc1C(=O)NC(C)C. The van der Waals surface area contributed by atoms with Crippen molar-refractivity contribution in [3.05, 3.63) is 82.2 Å². The summed E-state index contributed by atoms with van der Waals surface area (Å²) in [6.45, 7) is 7.18. The number of carbonyl (C=O) groups excluding carboxylic acids is 2. The lowest BCUT2D eigenvalue weighted by Crippen LogP contribution is -2.31. The van der Waals surface area contributed by atoms with E-state index in [1.165, 1.54) is 4.68 Å². The lowest BCUT2D eigenvalue weighted by molar-refractivity contribution is -0.141. The Balaban J connectivity index is 1.78. The van der Waals surface area contributed by atoms with Crippen molar-refractivity contribution in [2.45, 2.75) is 46.5 Å². The molecule has 2 amide bonds. The Morgan fingerprint density at radius 2 is 1.64 bits per heavy atom. The maximum absolute atomic E-state index is 12.9. The van der Waals surface area contributed by atoms with Crippen molar-refractivity contribution in [2.75, 3.05) is 5.32 Å². The first-order valence-electron chi connectivity index (χ1n) is 10.4. The third-order valence-corrected chi connectivity index (χ3v) is 4.98. The third kappa shape index (κ3) is 5.79. The maximum Gasteiger partial charge on any atom is 0.435 e. The van der Waals surface area contributed by atoms with E-state index in [0.29, 0.717) is 11.4 Å². The number of nitrogens with one attached hydrogen (secondary N) is 2. The number of nitrogens with zero attached hydrogens (tertiary/aromatic N) is 2. The van der Waals surface area contributed by atoms with Gasteiger partial charge >= 0.3 is 6.18 Å². The van der Waals surface area contributed by atoms with Crippen molar-refractivity contribution in [3.8, 4) is 0 Å². The Morgan fingerprint density at radius 3 is 2.18 bits per heavy atom. The van der Waals surface area contributed by atoms with Gasteiger partial charge in [0.2, 0.25) is 0 Å². The first-order chi connectivity index (χ1) is 15.5. The van der Waals surface area contributed by atoms with Gasteiger partial charge in [-0.15, -0.1) is 0 Å². The van der Waals surface area contributed by atoms with Gasteiger partial charge in [0.05, 0.1) is 17.7 Å². The molecule has 0 aliphatic rings. The van der Waals surface area contributed by atoms with Gasteiger partial charge in [-0.2, -0.15) is 18.3 Å². The van der Waals surface area contributed by atoms with Crippen LogP contribution in [0.2, 0.25) is 0 Å². The molecular formula is C24H25F3N4O2. The molecule has 6 nitrogen and oxygen atoms in total. The molecule has 3 aromatic rings. The second kappa shape index (κ2) is 9.48. The number of benzene rings is 2. The van der Waals surface area contributed by atoms with E-state index in [1.54, 1.807) is 56.3 Å². The van der Waals surface area contributed by atoms with Gasteiger partial charge in [-0.25, -0.2) is 0 Å². The van der Waals surface area contributed by atoms with Crippen molar-refractivity contribution in [2.24, 2.45) is 0 Å². The zero-order valence-electron chi connectivity index (χ0n) is 18.7. The zero-order valence-corrected chi connectivity index (χ0v) is 18.7. The predicted octanol–water partition coefficient (Wildman–Crippen LogP) is 4.96. The lowest BCUT2D eigenvalue weighted by atomic mass is 10.0. The number of carbonyl (C=O) groups is 2. The van der Waals surface area contributed by atoms with Crippen molar-refractivity contribution in [1.82, 2.24) is 15.1 Å². The summed E-state index contributed by atoms with van der Waals surface area (Å²) in [7, 11) is 0. The Labute approximate surface area is 189 Å². The fourth-order valence-corrected chi connectivity index (χ4v) is 3.35. The van der Waals surface area contributed by atoms with Crippen LogP contribution in [0.5, 0.6) is 0 Å². The lowest BCUT2D eigenvalue weighted by Gasteiger charge is -2.14. The fourth-order valence-electron chi connectivity index (χ4n) is 3.35. The Hall–Kier alpha value is -3.62. The van der Waals surface area contributed by atoms with E-state index in [9.17, 15) is 22.8 Å². The first-order valence-corrected chi connectivity index (χ1v) is 10.4. The van der Waals surface area contributed by atoms with Crippen LogP contribution in [-0.4, -0.2) is 27.6 Å². The molecule has 33 heavy (non-hydrogen) atoms. The van der Waals surface area contributed by atoms with Crippen LogP contribution in [0.25, 0.3) is 0 Å². The van der Waals surface area contributed by atoms with E-state index >= 15 is 0 Å². The van der Waals surface area contributed by atoms with Crippen LogP contribution in [-0.2, 0) is 12.7 Å². The van der Waals surface area contributed by atoms with Crippen molar-refractivity contribution in [1.29, 1.82) is 0 Å². The van der Waals surface area contributed by atoms with Gasteiger partial charge in [0.1, 0.15) is 0 Å². The fraction of sp³-hybridized carbons (Fsp3) is 0.292.